The Morgan fingerprint density at radius 1 is 1.25 bits per heavy atom. The maximum absolute atomic E-state index is 12.3. The van der Waals surface area contributed by atoms with Gasteiger partial charge in [-0.3, -0.25) is 4.79 Å². The minimum atomic E-state index is -0.859. The van der Waals surface area contributed by atoms with Crippen LogP contribution in [-0.4, -0.2) is 45.2 Å². The smallest absolute Gasteiger partial charge is 0.306 e. The standard InChI is InChI=1S/C27H42O5/c1-17-23(28)15-19(16-24(17)29)8-9-20-7-6-13-27(5)21(10-11-22(20)27)18(2)32-25(30)12-14-26(3,4)31/h8-9,18,21-24,28-29,31H,1,6-7,10-16H2,2-5H3/b20-9+/t18-,21+,22-,23+,24+,27+/m0/s1. The molecule has 5 heteroatoms. The lowest BCUT2D eigenvalue weighted by atomic mass is 9.62. The highest BCUT2D eigenvalue weighted by molar-refractivity contribution is 5.69. The Morgan fingerprint density at radius 3 is 2.53 bits per heavy atom. The zero-order chi connectivity index (χ0) is 23.7. The van der Waals surface area contributed by atoms with Crippen LogP contribution in [0.4, 0.5) is 0 Å². The summed E-state index contributed by atoms with van der Waals surface area (Å²) in [6, 6.07) is 0. The molecule has 32 heavy (non-hydrogen) atoms. The van der Waals surface area contributed by atoms with Crippen LogP contribution in [0, 0.1) is 17.3 Å². The van der Waals surface area contributed by atoms with Crippen LogP contribution in [0.3, 0.4) is 0 Å². The molecule has 0 bridgehead atoms. The van der Waals surface area contributed by atoms with Crippen molar-refractivity contribution >= 4 is 5.97 Å². The summed E-state index contributed by atoms with van der Waals surface area (Å²) in [6.07, 6.45) is 10.1. The van der Waals surface area contributed by atoms with Gasteiger partial charge in [-0.15, -0.1) is 0 Å². The van der Waals surface area contributed by atoms with Gasteiger partial charge in [-0.05, 0) is 89.0 Å². The number of fused-ring (bicyclic) bond motifs is 1. The third kappa shape index (κ3) is 5.73. The van der Waals surface area contributed by atoms with Gasteiger partial charge in [0.1, 0.15) is 6.10 Å². The van der Waals surface area contributed by atoms with E-state index in [4.69, 9.17) is 4.74 Å². The number of carbonyl (C=O) groups excluding carboxylic acids is 1. The second-order valence-electron chi connectivity index (χ2n) is 11.2. The third-order valence-corrected chi connectivity index (χ3v) is 8.16. The average Bonchev–Trinajstić information content (AvgIpc) is 3.06. The van der Waals surface area contributed by atoms with Crippen molar-refractivity contribution in [2.75, 3.05) is 0 Å². The summed E-state index contributed by atoms with van der Waals surface area (Å²) in [4.78, 5) is 12.3. The molecule has 0 saturated heterocycles. The van der Waals surface area contributed by atoms with Crippen LogP contribution < -0.4 is 0 Å². The lowest BCUT2D eigenvalue weighted by molar-refractivity contribution is -0.154. The maximum atomic E-state index is 12.3. The number of rotatable bonds is 6. The van der Waals surface area contributed by atoms with E-state index in [1.165, 1.54) is 5.57 Å². The van der Waals surface area contributed by atoms with E-state index in [9.17, 15) is 20.1 Å². The molecule has 0 spiro atoms. The molecule has 3 aliphatic carbocycles. The molecule has 0 aromatic rings. The Labute approximate surface area is 193 Å². The summed E-state index contributed by atoms with van der Waals surface area (Å²) in [7, 11) is 0. The van der Waals surface area contributed by atoms with E-state index >= 15 is 0 Å². The monoisotopic (exact) mass is 446 g/mol. The molecule has 0 radical (unpaired) electrons. The fourth-order valence-corrected chi connectivity index (χ4v) is 6.23. The van der Waals surface area contributed by atoms with Crippen molar-refractivity contribution < 1.29 is 24.9 Å². The van der Waals surface area contributed by atoms with Gasteiger partial charge in [-0.25, -0.2) is 0 Å². The number of aliphatic hydroxyl groups is 3. The summed E-state index contributed by atoms with van der Waals surface area (Å²) in [5.41, 5.74) is 2.29. The molecule has 3 fully saturated rings. The molecule has 0 heterocycles. The van der Waals surface area contributed by atoms with E-state index in [1.807, 2.05) is 6.92 Å². The predicted octanol–water partition coefficient (Wildman–Crippen LogP) is 4.61. The first-order valence-electron chi connectivity index (χ1n) is 12.3. The Morgan fingerprint density at radius 2 is 1.91 bits per heavy atom. The van der Waals surface area contributed by atoms with Gasteiger partial charge in [0.05, 0.1) is 17.8 Å². The molecule has 3 N–H and O–H groups in total. The molecule has 3 saturated carbocycles. The van der Waals surface area contributed by atoms with Gasteiger partial charge >= 0.3 is 5.97 Å². The fraction of sp³-hybridized carbons (Fsp3) is 0.741. The lowest BCUT2D eigenvalue weighted by Crippen LogP contribution is -2.39. The van der Waals surface area contributed by atoms with Gasteiger partial charge < -0.3 is 20.1 Å². The van der Waals surface area contributed by atoms with Crippen molar-refractivity contribution in [1.82, 2.24) is 0 Å². The Hall–Kier alpha value is -1.43. The molecule has 0 aromatic heterocycles. The number of allylic oxidation sites excluding steroid dienone is 3. The van der Waals surface area contributed by atoms with Gasteiger partial charge in [-0.1, -0.05) is 36.8 Å². The van der Waals surface area contributed by atoms with Crippen LogP contribution in [0.1, 0.15) is 85.5 Å². The van der Waals surface area contributed by atoms with E-state index in [0.29, 0.717) is 36.7 Å². The number of carbonyl (C=O) groups is 1. The molecule has 0 aliphatic heterocycles. The molecular weight excluding hydrogens is 404 g/mol. The number of hydrogen-bond donors (Lipinski definition) is 3. The first kappa shape index (κ1) is 25.2. The average molecular weight is 447 g/mol. The van der Waals surface area contributed by atoms with Crippen LogP contribution in [0.25, 0.3) is 0 Å². The lowest BCUT2D eigenvalue weighted by Gasteiger charge is -2.44. The van der Waals surface area contributed by atoms with E-state index in [2.05, 4.69) is 25.7 Å². The Bertz CT molecular complexity index is 757. The zero-order valence-electron chi connectivity index (χ0n) is 20.3. The van der Waals surface area contributed by atoms with Crippen molar-refractivity contribution in [1.29, 1.82) is 0 Å². The van der Waals surface area contributed by atoms with E-state index in [1.54, 1.807) is 13.8 Å². The number of aliphatic hydroxyl groups excluding tert-OH is 2. The highest BCUT2D eigenvalue weighted by atomic mass is 16.5. The minimum Gasteiger partial charge on any atom is -0.462 e. The molecule has 3 rings (SSSR count). The second-order valence-corrected chi connectivity index (χ2v) is 11.2. The molecule has 6 atom stereocenters. The molecule has 5 nitrogen and oxygen atoms in total. The highest BCUT2D eigenvalue weighted by Crippen LogP contribution is 2.58. The largest absolute Gasteiger partial charge is 0.462 e. The molecule has 180 valence electrons. The fourth-order valence-electron chi connectivity index (χ4n) is 6.23. The maximum Gasteiger partial charge on any atom is 0.306 e. The van der Waals surface area contributed by atoms with Crippen LogP contribution >= 0.6 is 0 Å². The van der Waals surface area contributed by atoms with Gasteiger partial charge in [0.25, 0.3) is 0 Å². The predicted molar refractivity (Wildman–Crippen MR) is 126 cm³/mol. The quantitative estimate of drug-likeness (QED) is 0.410. The summed E-state index contributed by atoms with van der Waals surface area (Å²) in [6.45, 7) is 11.6. The Balaban J connectivity index is 1.67. The van der Waals surface area contributed by atoms with E-state index < -0.39 is 17.8 Å². The minimum absolute atomic E-state index is 0.110. The van der Waals surface area contributed by atoms with Crippen LogP contribution in [-0.2, 0) is 9.53 Å². The molecule has 0 aromatic carbocycles. The number of hydrogen-bond acceptors (Lipinski definition) is 5. The van der Waals surface area contributed by atoms with Gasteiger partial charge in [0.15, 0.2) is 0 Å². The van der Waals surface area contributed by atoms with Gasteiger partial charge in [-0.2, -0.15) is 0 Å². The summed E-state index contributed by atoms with van der Waals surface area (Å²) < 4.78 is 5.82. The Kier molecular flexibility index (Phi) is 7.73. The SMILES string of the molecule is C=C1[C@H](O)CC(=C/C=C2\CCC[C@]3(C)[C@@H]([C@H](C)OC(=O)CCC(C)(C)O)CC[C@@H]23)C[C@H]1O. The van der Waals surface area contributed by atoms with Crippen molar-refractivity contribution in [2.45, 2.75) is 109 Å². The van der Waals surface area contributed by atoms with Crippen molar-refractivity contribution in [2.24, 2.45) is 17.3 Å². The third-order valence-electron chi connectivity index (χ3n) is 8.16. The zero-order valence-corrected chi connectivity index (χ0v) is 20.3. The topological polar surface area (TPSA) is 87.0 Å². The van der Waals surface area contributed by atoms with Crippen LogP contribution in [0.15, 0.2) is 35.5 Å². The van der Waals surface area contributed by atoms with Gasteiger partial charge in [0, 0.05) is 12.3 Å². The summed E-state index contributed by atoms with van der Waals surface area (Å²) in [5.74, 6) is 0.583. The first-order chi connectivity index (χ1) is 14.9. The van der Waals surface area contributed by atoms with Crippen LogP contribution in [0.5, 0.6) is 0 Å². The number of ether oxygens (including phenoxy) is 1. The molecule has 3 aliphatic rings. The summed E-state index contributed by atoms with van der Waals surface area (Å²) >= 11 is 0. The van der Waals surface area contributed by atoms with E-state index in [-0.39, 0.29) is 23.9 Å². The van der Waals surface area contributed by atoms with Crippen molar-refractivity contribution in [3.8, 4) is 0 Å². The normalized spacial score (nSPS) is 35.5. The second kappa shape index (κ2) is 9.82. The van der Waals surface area contributed by atoms with Crippen molar-refractivity contribution in [3.05, 3.63) is 35.5 Å². The number of esters is 1. The molecule has 0 unspecified atom stereocenters. The first-order valence-corrected chi connectivity index (χ1v) is 12.3. The van der Waals surface area contributed by atoms with Crippen molar-refractivity contribution in [3.63, 3.8) is 0 Å². The molecular formula is C27H42O5. The highest BCUT2D eigenvalue weighted by Gasteiger charge is 2.51. The molecule has 0 amide bonds. The van der Waals surface area contributed by atoms with E-state index in [0.717, 1.165) is 37.7 Å². The summed E-state index contributed by atoms with van der Waals surface area (Å²) in [5, 5.41) is 30.1. The van der Waals surface area contributed by atoms with Gasteiger partial charge in [0.2, 0.25) is 0 Å². The van der Waals surface area contributed by atoms with Crippen LogP contribution in [0.2, 0.25) is 0 Å².